The van der Waals surface area contributed by atoms with Crippen molar-refractivity contribution in [2.24, 2.45) is 0 Å². The monoisotopic (exact) mass is 383 g/mol. The van der Waals surface area contributed by atoms with Crippen LogP contribution in [0.2, 0.25) is 0 Å². The van der Waals surface area contributed by atoms with Crippen LogP contribution in [0.15, 0.2) is 23.1 Å². The molecule has 136 valence electrons. The van der Waals surface area contributed by atoms with Crippen molar-refractivity contribution in [1.29, 1.82) is 0 Å². The SMILES string of the molecule is CCCCNC(=O)N1CCN(S(=O)(=O)c2cccc3nsnc23)CC1. The molecule has 1 fully saturated rings. The lowest BCUT2D eigenvalue weighted by Gasteiger charge is -2.34. The van der Waals surface area contributed by atoms with Gasteiger partial charge in [-0.2, -0.15) is 13.1 Å². The lowest BCUT2D eigenvalue weighted by molar-refractivity contribution is 0.172. The Hall–Kier alpha value is -1.78. The van der Waals surface area contributed by atoms with Crippen LogP contribution in [0, 0.1) is 0 Å². The molecule has 0 saturated carbocycles. The molecular formula is C15H21N5O3S2. The van der Waals surface area contributed by atoms with E-state index in [1.807, 2.05) is 0 Å². The van der Waals surface area contributed by atoms with Crippen molar-refractivity contribution in [3.05, 3.63) is 18.2 Å². The van der Waals surface area contributed by atoms with E-state index in [1.54, 1.807) is 23.1 Å². The molecule has 0 aliphatic carbocycles. The normalized spacial score (nSPS) is 16.3. The second kappa shape index (κ2) is 7.63. The number of hydrogen-bond acceptors (Lipinski definition) is 6. The summed E-state index contributed by atoms with van der Waals surface area (Å²) in [4.78, 5) is 13.9. The van der Waals surface area contributed by atoms with Crippen LogP contribution in [0.4, 0.5) is 4.79 Å². The largest absolute Gasteiger partial charge is 0.338 e. The van der Waals surface area contributed by atoms with Gasteiger partial charge in [-0.3, -0.25) is 0 Å². The number of urea groups is 1. The number of carbonyl (C=O) groups excluding carboxylic acids is 1. The van der Waals surface area contributed by atoms with Gasteiger partial charge in [-0.1, -0.05) is 19.4 Å². The second-order valence-corrected chi connectivity index (χ2v) is 8.30. The van der Waals surface area contributed by atoms with Crippen LogP contribution >= 0.6 is 11.7 Å². The van der Waals surface area contributed by atoms with Gasteiger partial charge in [0.1, 0.15) is 15.9 Å². The Morgan fingerprint density at radius 3 is 2.72 bits per heavy atom. The summed E-state index contributed by atoms with van der Waals surface area (Å²) in [5.74, 6) is 0. The van der Waals surface area contributed by atoms with E-state index in [1.165, 1.54) is 4.31 Å². The topological polar surface area (TPSA) is 95.5 Å². The number of benzene rings is 1. The summed E-state index contributed by atoms with van der Waals surface area (Å²) in [6, 6.07) is 4.85. The van der Waals surface area contributed by atoms with Crippen molar-refractivity contribution in [2.75, 3.05) is 32.7 Å². The number of hydrogen-bond donors (Lipinski definition) is 1. The van der Waals surface area contributed by atoms with E-state index < -0.39 is 10.0 Å². The van der Waals surface area contributed by atoms with E-state index >= 15 is 0 Å². The minimum absolute atomic E-state index is 0.128. The van der Waals surface area contributed by atoms with Gasteiger partial charge in [-0.05, 0) is 18.6 Å². The number of nitrogens with one attached hydrogen (secondary N) is 1. The van der Waals surface area contributed by atoms with E-state index in [0.29, 0.717) is 30.7 Å². The van der Waals surface area contributed by atoms with Gasteiger partial charge in [0.05, 0.1) is 11.7 Å². The van der Waals surface area contributed by atoms with Crippen molar-refractivity contribution in [2.45, 2.75) is 24.7 Å². The Morgan fingerprint density at radius 1 is 1.24 bits per heavy atom. The number of unbranched alkanes of at least 4 members (excludes halogenated alkanes) is 1. The van der Waals surface area contributed by atoms with E-state index in [4.69, 9.17) is 0 Å². The van der Waals surface area contributed by atoms with Crippen molar-refractivity contribution < 1.29 is 13.2 Å². The first-order valence-corrected chi connectivity index (χ1v) is 10.5. The highest BCUT2D eigenvalue weighted by Crippen LogP contribution is 2.25. The maximum atomic E-state index is 12.9. The van der Waals surface area contributed by atoms with Gasteiger partial charge in [0.15, 0.2) is 0 Å². The summed E-state index contributed by atoms with van der Waals surface area (Å²) in [5.41, 5.74) is 0.993. The van der Waals surface area contributed by atoms with E-state index in [-0.39, 0.29) is 24.0 Å². The van der Waals surface area contributed by atoms with Crippen molar-refractivity contribution in [1.82, 2.24) is 23.3 Å². The van der Waals surface area contributed by atoms with Crippen molar-refractivity contribution >= 4 is 38.8 Å². The Labute approximate surface area is 151 Å². The first-order valence-electron chi connectivity index (χ1n) is 8.28. The zero-order chi connectivity index (χ0) is 17.9. The highest BCUT2D eigenvalue weighted by molar-refractivity contribution is 7.89. The quantitative estimate of drug-likeness (QED) is 0.790. The number of aromatic nitrogens is 2. The zero-order valence-corrected chi connectivity index (χ0v) is 15.6. The molecule has 2 heterocycles. The number of amides is 2. The summed E-state index contributed by atoms with van der Waals surface area (Å²) in [6.45, 7) is 4.01. The van der Waals surface area contributed by atoms with Crippen LogP contribution < -0.4 is 5.32 Å². The van der Waals surface area contributed by atoms with Gasteiger partial charge >= 0.3 is 6.03 Å². The summed E-state index contributed by atoms with van der Waals surface area (Å²) in [7, 11) is -3.65. The van der Waals surface area contributed by atoms with Crippen LogP contribution in [-0.2, 0) is 10.0 Å². The molecule has 2 aromatic rings. The molecule has 0 unspecified atom stereocenters. The molecule has 25 heavy (non-hydrogen) atoms. The minimum atomic E-state index is -3.65. The number of nitrogens with zero attached hydrogens (tertiary/aromatic N) is 4. The van der Waals surface area contributed by atoms with Crippen LogP contribution in [0.5, 0.6) is 0 Å². The number of rotatable bonds is 5. The number of sulfonamides is 1. The van der Waals surface area contributed by atoms with Crippen molar-refractivity contribution in [3.63, 3.8) is 0 Å². The van der Waals surface area contributed by atoms with Gasteiger partial charge in [0.2, 0.25) is 10.0 Å². The molecule has 1 aliphatic rings. The molecule has 1 aliphatic heterocycles. The predicted molar refractivity (Wildman–Crippen MR) is 96.1 cm³/mol. The van der Waals surface area contributed by atoms with Gasteiger partial charge in [0, 0.05) is 32.7 Å². The fourth-order valence-corrected chi connectivity index (χ4v) is 4.92. The van der Waals surface area contributed by atoms with E-state index in [0.717, 1.165) is 24.6 Å². The summed E-state index contributed by atoms with van der Waals surface area (Å²) in [6.07, 6.45) is 1.95. The van der Waals surface area contributed by atoms with Gasteiger partial charge in [-0.15, -0.1) is 0 Å². The standard InChI is InChI=1S/C15H21N5O3S2/c1-2-3-7-16-15(21)19-8-10-20(11-9-19)25(22,23)13-6-4-5-12-14(13)18-24-17-12/h4-6H,2-3,7-11H2,1H3,(H,16,21). The molecular weight excluding hydrogens is 362 g/mol. The summed E-state index contributed by atoms with van der Waals surface area (Å²) in [5, 5.41) is 2.86. The van der Waals surface area contributed by atoms with E-state index in [2.05, 4.69) is 21.0 Å². The third-order valence-electron chi connectivity index (χ3n) is 4.20. The molecule has 3 rings (SSSR count). The molecule has 1 aromatic heterocycles. The van der Waals surface area contributed by atoms with Gasteiger partial charge in [0.25, 0.3) is 0 Å². The number of piperazine rings is 1. The summed E-state index contributed by atoms with van der Waals surface area (Å²) >= 11 is 0.999. The Morgan fingerprint density at radius 2 is 2.00 bits per heavy atom. The maximum absolute atomic E-state index is 12.9. The van der Waals surface area contributed by atoms with Crippen LogP contribution in [0.25, 0.3) is 11.0 Å². The number of fused-ring (bicyclic) bond motifs is 1. The summed E-state index contributed by atoms with van der Waals surface area (Å²) < 4.78 is 35.5. The average Bonchev–Trinajstić information content (AvgIpc) is 3.10. The fraction of sp³-hybridized carbons (Fsp3) is 0.533. The lowest BCUT2D eigenvalue weighted by Crippen LogP contribution is -2.53. The van der Waals surface area contributed by atoms with Crippen LogP contribution in [-0.4, -0.2) is 65.1 Å². The van der Waals surface area contributed by atoms with Gasteiger partial charge in [-0.25, -0.2) is 13.2 Å². The average molecular weight is 383 g/mol. The van der Waals surface area contributed by atoms with E-state index in [9.17, 15) is 13.2 Å². The number of carbonyl (C=O) groups is 1. The molecule has 0 bridgehead atoms. The van der Waals surface area contributed by atoms with Crippen LogP contribution in [0.1, 0.15) is 19.8 Å². The third-order valence-corrected chi connectivity index (χ3v) is 6.67. The zero-order valence-electron chi connectivity index (χ0n) is 14.0. The van der Waals surface area contributed by atoms with Gasteiger partial charge < -0.3 is 10.2 Å². The molecule has 2 amide bonds. The lowest BCUT2D eigenvalue weighted by atomic mass is 10.3. The molecule has 1 aromatic carbocycles. The fourth-order valence-electron chi connectivity index (χ4n) is 2.74. The molecule has 0 spiro atoms. The second-order valence-electron chi connectivity index (χ2n) is 5.86. The first-order chi connectivity index (χ1) is 12.0. The van der Waals surface area contributed by atoms with Crippen molar-refractivity contribution in [3.8, 4) is 0 Å². The highest BCUT2D eigenvalue weighted by atomic mass is 32.2. The highest BCUT2D eigenvalue weighted by Gasteiger charge is 2.31. The first kappa shape index (κ1) is 18.0. The minimum Gasteiger partial charge on any atom is -0.338 e. The molecule has 8 nitrogen and oxygen atoms in total. The Bertz CT molecular complexity index is 844. The molecule has 1 N–H and O–H groups in total. The molecule has 1 saturated heterocycles. The third kappa shape index (κ3) is 3.75. The Balaban J connectivity index is 1.68. The van der Waals surface area contributed by atoms with Crippen LogP contribution in [0.3, 0.4) is 0 Å². The predicted octanol–water partition coefficient (Wildman–Crippen LogP) is 1.51. The molecule has 0 radical (unpaired) electrons. The Kier molecular flexibility index (Phi) is 5.50. The smallest absolute Gasteiger partial charge is 0.317 e. The molecule has 0 atom stereocenters. The maximum Gasteiger partial charge on any atom is 0.317 e. The molecule has 10 heteroatoms.